The van der Waals surface area contributed by atoms with Gasteiger partial charge in [0, 0.05) is 0 Å². The van der Waals surface area contributed by atoms with Gasteiger partial charge in [-0.2, -0.15) is 0 Å². The van der Waals surface area contributed by atoms with Gasteiger partial charge in [0.25, 0.3) is 0 Å². The zero-order chi connectivity index (χ0) is 11.4. The molecule has 0 fully saturated rings. The highest BCUT2D eigenvalue weighted by Gasteiger charge is 1.66. The lowest BCUT2D eigenvalue weighted by Gasteiger charge is -1.65. The zero-order valence-electron chi connectivity index (χ0n) is 9.31. The molecule has 0 aromatic heterocycles. The molecule has 0 aromatic carbocycles. The highest BCUT2D eigenvalue weighted by atomic mass is 16.1. The fourth-order valence-electron chi connectivity index (χ4n) is 0. The van der Waals surface area contributed by atoms with Crippen molar-refractivity contribution in [3.63, 3.8) is 0 Å². The van der Waals surface area contributed by atoms with Crippen LogP contribution in [0.5, 0.6) is 0 Å². The maximum Gasteiger partial charge on any atom is 0.145 e. The van der Waals surface area contributed by atoms with Gasteiger partial charge in [0.1, 0.15) is 12.1 Å². The molecule has 2 heteroatoms. The predicted octanol–water partition coefficient (Wildman–Crippen LogP) is 2.94. The lowest BCUT2D eigenvalue weighted by Crippen LogP contribution is -1.69. The van der Waals surface area contributed by atoms with E-state index in [4.69, 9.17) is 0 Å². The van der Waals surface area contributed by atoms with E-state index in [9.17, 15) is 9.59 Å². The molecule has 0 aliphatic heterocycles. The minimum atomic E-state index is 0.167. The summed E-state index contributed by atoms with van der Waals surface area (Å²) in [5.41, 5.74) is 1.74. The van der Waals surface area contributed by atoms with Crippen molar-refractivity contribution in [1.29, 1.82) is 0 Å². The second kappa shape index (κ2) is 13.4. The first-order valence-corrected chi connectivity index (χ1v) is 3.94. The summed E-state index contributed by atoms with van der Waals surface area (Å²) in [6, 6.07) is 0. The number of allylic oxidation sites excluding steroid dienone is 2. The first kappa shape index (κ1) is 17.8. The fraction of sp³-hybridized carbons (Fsp3) is 0.455. The minimum absolute atomic E-state index is 0.167. The molecule has 0 amide bonds. The fourth-order valence-corrected chi connectivity index (χ4v) is 0. The number of hydrogen-bond donors (Lipinski definition) is 0. The van der Waals surface area contributed by atoms with Crippen molar-refractivity contribution in [3.05, 3.63) is 24.3 Å². The average molecular weight is 184 g/mol. The molecular weight excluding hydrogens is 164 g/mol. The van der Waals surface area contributed by atoms with E-state index in [1.807, 2.05) is 13.8 Å². The number of rotatable bonds is 1. The molecule has 0 atom stereocenters. The van der Waals surface area contributed by atoms with Gasteiger partial charge in [-0.25, -0.2) is 0 Å². The van der Waals surface area contributed by atoms with Gasteiger partial charge in [0.2, 0.25) is 0 Å². The lowest BCUT2D eigenvalue weighted by atomic mass is 10.4. The van der Waals surface area contributed by atoms with Crippen LogP contribution >= 0.6 is 0 Å². The van der Waals surface area contributed by atoms with Crippen molar-refractivity contribution >= 4 is 12.1 Å². The maximum atomic E-state index is 9.44. The third kappa shape index (κ3) is 1250. The zero-order valence-corrected chi connectivity index (χ0v) is 9.31. The second-order valence-electron chi connectivity index (χ2n) is 3.08. The van der Waals surface area contributed by atoms with Gasteiger partial charge in [0.05, 0.1) is 0 Å². The van der Waals surface area contributed by atoms with Crippen LogP contribution in [0.2, 0.25) is 0 Å². The number of carbonyl (C=O) groups excluding carboxylic acids is 2. The molecule has 0 aliphatic rings. The van der Waals surface area contributed by atoms with Crippen LogP contribution in [0, 0.1) is 0 Å². The molecule has 76 valence electrons. The molecule has 0 saturated heterocycles. The van der Waals surface area contributed by atoms with Crippen molar-refractivity contribution in [2.45, 2.75) is 34.6 Å². The van der Waals surface area contributed by atoms with E-state index in [1.54, 1.807) is 6.92 Å². The van der Waals surface area contributed by atoms with Crippen molar-refractivity contribution in [3.8, 4) is 0 Å². The van der Waals surface area contributed by atoms with Crippen LogP contribution in [0.3, 0.4) is 0 Å². The van der Waals surface area contributed by atoms with Crippen LogP contribution in [0.4, 0.5) is 0 Å². The molecule has 0 radical (unpaired) electrons. The summed E-state index contributed by atoms with van der Waals surface area (Å²) in [7, 11) is 0. The molecular formula is C11H20O2. The third-order valence-corrected chi connectivity index (χ3v) is 0.201. The Hall–Kier alpha value is -1.18. The van der Waals surface area contributed by atoms with E-state index in [1.165, 1.54) is 19.4 Å². The minimum Gasteiger partial charge on any atom is -0.300 e. The smallest absolute Gasteiger partial charge is 0.145 e. The van der Waals surface area contributed by atoms with E-state index in [0.717, 1.165) is 6.29 Å². The van der Waals surface area contributed by atoms with Crippen molar-refractivity contribution in [2.75, 3.05) is 0 Å². The Morgan fingerprint density at radius 3 is 1.08 bits per heavy atom. The Morgan fingerprint density at radius 2 is 1.08 bits per heavy atom. The van der Waals surface area contributed by atoms with E-state index >= 15 is 0 Å². The maximum absolute atomic E-state index is 9.44. The topological polar surface area (TPSA) is 34.1 Å². The van der Waals surface area contributed by atoms with Crippen molar-refractivity contribution in [2.24, 2.45) is 0 Å². The van der Waals surface area contributed by atoms with E-state index in [2.05, 4.69) is 13.2 Å². The largest absolute Gasteiger partial charge is 0.300 e. The van der Waals surface area contributed by atoms with Crippen molar-refractivity contribution in [1.82, 2.24) is 0 Å². The number of ketones is 1. The summed E-state index contributed by atoms with van der Waals surface area (Å²) in [5.74, 6) is 0.167. The Kier molecular flexibility index (Phi) is 18.4. The lowest BCUT2D eigenvalue weighted by molar-refractivity contribution is -0.115. The SMILES string of the molecule is C=C(C)C.C=C(C)C=O.CC(C)=O. The summed E-state index contributed by atoms with van der Waals surface area (Å²) in [6.07, 6.45) is 0.722. The van der Waals surface area contributed by atoms with Crippen LogP contribution in [0.1, 0.15) is 34.6 Å². The molecule has 0 unspecified atom stereocenters. The van der Waals surface area contributed by atoms with Gasteiger partial charge in [-0.15, -0.1) is 6.58 Å². The molecule has 0 bridgehead atoms. The van der Waals surface area contributed by atoms with Crippen LogP contribution in [0.25, 0.3) is 0 Å². The van der Waals surface area contributed by atoms with Gasteiger partial charge >= 0.3 is 0 Å². The molecule has 0 rings (SSSR count). The number of carbonyl (C=O) groups is 2. The summed E-state index contributed by atoms with van der Waals surface area (Å²) < 4.78 is 0. The van der Waals surface area contributed by atoms with Crippen LogP contribution in [-0.4, -0.2) is 12.1 Å². The average Bonchev–Trinajstić information content (AvgIpc) is 1.84. The third-order valence-electron chi connectivity index (χ3n) is 0.201. The number of aldehydes is 1. The van der Waals surface area contributed by atoms with Crippen molar-refractivity contribution < 1.29 is 9.59 Å². The highest BCUT2D eigenvalue weighted by Crippen LogP contribution is 1.73. The normalized spacial score (nSPS) is 6.54. The Bertz CT molecular complexity index is 159. The Balaban J connectivity index is -0.000000117. The number of hydrogen-bond acceptors (Lipinski definition) is 2. The molecule has 13 heavy (non-hydrogen) atoms. The van der Waals surface area contributed by atoms with E-state index in [-0.39, 0.29) is 5.78 Å². The molecule has 0 saturated carbocycles. The molecule has 0 heterocycles. The molecule has 0 spiro atoms. The first-order valence-electron chi connectivity index (χ1n) is 3.94. The predicted molar refractivity (Wildman–Crippen MR) is 57.7 cm³/mol. The summed E-state index contributed by atoms with van der Waals surface area (Å²) >= 11 is 0. The first-order chi connectivity index (χ1) is 5.73. The molecule has 0 aromatic rings. The quantitative estimate of drug-likeness (QED) is 0.357. The number of Topliss-reactive ketones (excluding diaryl/α,β-unsaturated/α-hetero) is 1. The highest BCUT2D eigenvalue weighted by molar-refractivity contribution is 5.72. The Labute approximate surface area is 81.3 Å². The monoisotopic (exact) mass is 184 g/mol. The van der Waals surface area contributed by atoms with Gasteiger partial charge < -0.3 is 4.79 Å². The van der Waals surface area contributed by atoms with Gasteiger partial charge in [0.15, 0.2) is 0 Å². The van der Waals surface area contributed by atoms with E-state index < -0.39 is 0 Å². The molecule has 0 aliphatic carbocycles. The van der Waals surface area contributed by atoms with Crippen LogP contribution in [-0.2, 0) is 9.59 Å². The van der Waals surface area contributed by atoms with E-state index in [0.29, 0.717) is 5.57 Å². The molecule has 2 nitrogen and oxygen atoms in total. The van der Waals surface area contributed by atoms with Gasteiger partial charge in [-0.05, 0) is 40.2 Å². The molecule has 0 N–H and O–H groups in total. The van der Waals surface area contributed by atoms with Crippen LogP contribution < -0.4 is 0 Å². The summed E-state index contributed by atoms with van der Waals surface area (Å²) in [5, 5.41) is 0. The van der Waals surface area contributed by atoms with Crippen LogP contribution in [0.15, 0.2) is 24.3 Å². The summed E-state index contributed by atoms with van der Waals surface area (Å²) in [6.45, 7) is 15.5. The summed E-state index contributed by atoms with van der Waals surface area (Å²) in [4.78, 5) is 18.8. The second-order valence-corrected chi connectivity index (χ2v) is 3.08. The Morgan fingerprint density at radius 1 is 1.00 bits per heavy atom. The van der Waals surface area contributed by atoms with Gasteiger partial charge in [-0.1, -0.05) is 12.2 Å². The standard InChI is InChI=1S/C4H6O.C4H8.C3H6O/c1-4(2)3-5;1-4(2)3;1-3(2)4/h3H,1H2,2H3;1H2,2-3H3;1-2H3. The van der Waals surface area contributed by atoms with Gasteiger partial charge in [-0.3, -0.25) is 4.79 Å².